The first-order chi connectivity index (χ1) is 8.65. The van der Waals surface area contributed by atoms with Crippen LogP contribution in [0, 0.1) is 0 Å². The quantitative estimate of drug-likeness (QED) is 0.711. The number of benzene rings is 1. The van der Waals surface area contributed by atoms with Crippen molar-refractivity contribution in [2.75, 3.05) is 13.2 Å². The molecule has 0 radical (unpaired) electrons. The molecule has 5 heteroatoms. The Morgan fingerprint density at radius 1 is 1.50 bits per heavy atom. The topological polar surface area (TPSA) is 84.6 Å². The van der Waals surface area contributed by atoms with Crippen molar-refractivity contribution in [3.05, 3.63) is 29.8 Å². The van der Waals surface area contributed by atoms with Crippen LogP contribution in [0.1, 0.15) is 12.0 Å². The smallest absolute Gasteiger partial charge is 0.237 e. The zero-order chi connectivity index (χ0) is 13.0. The molecule has 2 atom stereocenters. The first-order valence-corrected chi connectivity index (χ1v) is 6.07. The number of hydrogen-bond donors (Lipinski definition) is 3. The second-order valence-electron chi connectivity index (χ2n) is 4.55. The number of phenolic OH excluding ortho intramolecular Hbond substituents is 1. The van der Waals surface area contributed by atoms with E-state index in [1.807, 2.05) is 0 Å². The lowest BCUT2D eigenvalue weighted by atomic mass is 10.1. The zero-order valence-corrected chi connectivity index (χ0v) is 10.1. The number of aromatic hydroxyl groups is 1. The van der Waals surface area contributed by atoms with E-state index in [1.54, 1.807) is 24.3 Å². The fourth-order valence-electron chi connectivity index (χ4n) is 1.94. The van der Waals surface area contributed by atoms with E-state index in [-0.39, 0.29) is 17.7 Å². The third-order valence-electron chi connectivity index (χ3n) is 3.00. The second kappa shape index (κ2) is 5.84. The molecule has 1 aliphatic rings. The summed E-state index contributed by atoms with van der Waals surface area (Å²) in [5.74, 6) is 0.0541. The van der Waals surface area contributed by atoms with Crippen molar-refractivity contribution in [3.63, 3.8) is 0 Å². The summed E-state index contributed by atoms with van der Waals surface area (Å²) in [5, 5.41) is 12.0. The highest BCUT2D eigenvalue weighted by Crippen LogP contribution is 2.11. The maximum atomic E-state index is 11.8. The van der Waals surface area contributed by atoms with Crippen LogP contribution in [0.25, 0.3) is 0 Å². The Morgan fingerprint density at radius 2 is 2.22 bits per heavy atom. The molecule has 1 amide bonds. The number of carbonyl (C=O) groups is 1. The minimum Gasteiger partial charge on any atom is -0.508 e. The average molecular weight is 250 g/mol. The highest BCUT2D eigenvalue weighted by molar-refractivity contribution is 5.82. The highest BCUT2D eigenvalue weighted by Gasteiger charge is 2.21. The van der Waals surface area contributed by atoms with Crippen LogP contribution in [0.5, 0.6) is 5.75 Å². The molecule has 1 saturated heterocycles. The Kier molecular flexibility index (Phi) is 4.17. The molecule has 1 fully saturated rings. The number of rotatable bonds is 4. The van der Waals surface area contributed by atoms with Gasteiger partial charge >= 0.3 is 0 Å². The van der Waals surface area contributed by atoms with Gasteiger partial charge in [-0.1, -0.05) is 12.1 Å². The average Bonchev–Trinajstić information content (AvgIpc) is 2.85. The summed E-state index contributed by atoms with van der Waals surface area (Å²) in [4.78, 5) is 11.8. The number of nitrogens with one attached hydrogen (secondary N) is 1. The maximum Gasteiger partial charge on any atom is 0.237 e. The molecule has 1 aliphatic heterocycles. The van der Waals surface area contributed by atoms with E-state index in [1.165, 1.54) is 0 Å². The molecule has 0 spiro atoms. The summed E-state index contributed by atoms with van der Waals surface area (Å²) >= 11 is 0. The van der Waals surface area contributed by atoms with Crippen LogP contribution >= 0.6 is 0 Å². The van der Waals surface area contributed by atoms with Crippen molar-refractivity contribution in [2.24, 2.45) is 5.73 Å². The van der Waals surface area contributed by atoms with Gasteiger partial charge in [0.05, 0.1) is 18.7 Å². The number of amides is 1. The summed E-state index contributed by atoms with van der Waals surface area (Å²) in [6.45, 7) is 1.26. The lowest BCUT2D eigenvalue weighted by molar-refractivity contribution is -0.123. The Hall–Kier alpha value is -1.59. The van der Waals surface area contributed by atoms with Gasteiger partial charge in [-0.15, -0.1) is 0 Å². The van der Waals surface area contributed by atoms with Gasteiger partial charge in [0.15, 0.2) is 0 Å². The van der Waals surface area contributed by atoms with Crippen molar-refractivity contribution < 1.29 is 14.6 Å². The lowest BCUT2D eigenvalue weighted by Crippen LogP contribution is -2.46. The van der Waals surface area contributed by atoms with Crippen LogP contribution in [-0.2, 0) is 16.0 Å². The molecular formula is C13H18N2O3. The van der Waals surface area contributed by atoms with Crippen LogP contribution in [0.3, 0.4) is 0 Å². The standard InChI is InChI=1S/C13H18N2O3/c14-12(7-9-1-3-11(16)4-2-9)13(17)15-10-5-6-18-8-10/h1-4,10,12,16H,5-8,14H2,(H,15,17)/t10?,12-/m1/s1. The minimum atomic E-state index is -0.574. The van der Waals surface area contributed by atoms with Gasteiger partial charge in [-0.3, -0.25) is 4.79 Å². The Morgan fingerprint density at radius 3 is 2.83 bits per heavy atom. The first-order valence-electron chi connectivity index (χ1n) is 6.07. The monoisotopic (exact) mass is 250 g/mol. The highest BCUT2D eigenvalue weighted by atomic mass is 16.5. The third-order valence-corrected chi connectivity index (χ3v) is 3.00. The van der Waals surface area contributed by atoms with Crippen LogP contribution < -0.4 is 11.1 Å². The van der Waals surface area contributed by atoms with Gasteiger partial charge in [0.2, 0.25) is 5.91 Å². The molecule has 1 heterocycles. The number of carbonyl (C=O) groups excluding carboxylic acids is 1. The van der Waals surface area contributed by atoms with Crippen LogP contribution in [-0.4, -0.2) is 36.3 Å². The Bertz CT molecular complexity index is 399. The summed E-state index contributed by atoms with van der Waals surface area (Å²) in [7, 11) is 0. The molecule has 4 N–H and O–H groups in total. The van der Waals surface area contributed by atoms with Crippen molar-refractivity contribution in [1.82, 2.24) is 5.32 Å². The fourth-order valence-corrected chi connectivity index (χ4v) is 1.94. The summed E-state index contributed by atoms with van der Waals surface area (Å²) < 4.78 is 5.19. The molecular weight excluding hydrogens is 232 g/mol. The lowest BCUT2D eigenvalue weighted by Gasteiger charge is -2.15. The number of phenols is 1. The van der Waals surface area contributed by atoms with E-state index < -0.39 is 6.04 Å². The van der Waals surface area contributed by atoms with Gasteiger partial charge in [-0.25, -0.2) is 0 Å². The third kappa shape index (κ3) is 3.45. The predicted molar refractivity (Wildman–Crippen MR) is 67.2 cm³/mol. The van der Waals surface area contributed by atoms with E-state index in [9.17, 15) is 4.79 Å². The molecule has 0 saturated carbocycles. The Balaban J connectivity index is 1.84. The van der Waals surface area contributed by atoms with Gasteiger partial charge < -0.3 is 20.9 Å². The summed E-state index contributed by atoms with van der Waals surface area (Å²) in [5.41, 5.74) is 6.78. The normalized spacial score (nSPS) is 20.6. The summed E-state index contributed by atoms with van der Waals surface area (Å²) in [6.07, 6.45) is 1.30. The van der Waals surface area contributed by atoms with Gasteiger partial charge in [0.1, 0.15) is 5.75 Å². The largest absolute Gasteiger partial charge is 0.508 e. The molecule has 1 aromatic rings. The van der Waals surface area contributed by atoms with Crippen LogP contribution in [0.15, 0.2) is 24.3 Å². The van der Waals surface area contributed by atoms with Gasteiger partial charge in [-0.05, 0) is 30.5 Å². The van der Waals surface area contributed by atoms with E-state index in [0.717, 1.165) is 12.0 Å². The SMILES string of the molecule is N[C@H](Cc1ccc(O)cc1)C(=O)NC1CCOC1. The molecule has 5 nitrogen and oxygen atoms in total. The maximum absolute atomic E-state index is 11.8. The van der Waals surface area contributed by atoms with Gasteiger partial charge in [0, 0.05) is 6.61 Å². The van der Waals surface area contributed by atoms with E-state index in [0.29, 0.717) is 19.6 Å². The van der Waals surface area contributed by atoms with Crippen LogP contribution in [0.4, 0.5) is 0 Å². The van der Waals surface area contributed by atoms with Crippen molar-refractivity contribution in [2.45, 2.75) is 24.9 Å². The molecule has 2 rings (SSSR count). The van der Waals surface area contributed by atoms with Gasteiger partial charge in [-0.2, -0.15) is 0 Å². The minimum absolute atomic E-state index is 0.0865. The van der Waals surface area contributed by atoms with E-state index in [2.05, 4.69) is 5.32 Å². The van der Waals surface area contributed by atoms with Gasteiger partial charge in [0.25, 0.3) is 0 Å². The molecule has 0 aromatic heterocycles. The predicted octanol–water partition coefficient (Wildman–Crippen LogP) is 0.167. The van der Waals surface area contributed by atoms with Crippen LogP contribution in [0.2, 0.25) is 0 Å². The zero-order valence-electron chi connectivity index (χ0n) is 10.1. The number of ether oxygens (including phenoxy) is 1. The second-order valence-corrected chi connectivity index (χ2v) is 4.55. The van der Waals surface area contributed by atoms with E-state index >= 15 is 0 Å². The molecule has 0 aliphatic carbocycles. The molecule has 1 unspecified atom stereocenters. The molecule has 1 aromatic carbocycles. The van der Waals surface area contributed by atoms with Crippen molar-refractivity contribution in [1.29, 1.82) is 0 Å². The van der Waals surface area contributed by atoms with Crippen molar-refractivity contribution >= 4 is 5.91 Å². The molecule has 98 valence electrons. The number of nitrogens with two attached hydrogens (primary N) is 1. The summed E-state index contributed by atoms with van der Waals surface area (Å²) in [6, 6.07) is 6.22. The first kappa shape index (κ1) is 12.9. The fraction of sp³-hybridized carbons (Fsp3) is 0.462. The number of hydrogen-bond acceptors (Lipinski definition) is 4. The molecule has 0 bridgehead atoms. The van der Waals surface area contributed by atoms with Crippen molar-refractivity contribution in [3.8, 4) is 5.75 Å². The van der Waals surface area contributed by atoms with E-state index in [4.69, 9.17) is 15.6 Å². The molecule has 18 heavy (non-hydrogen) atoms. The Labute approximate surface area is 106 Å².